The van der Waals surface area contributed by atoms with E-state index in [1.54, 1.807) is 0 Å². The van der Waals surface area contributed by atoms with Gasteiger partial charge < -0.3 is 16.7 Å². The van der Waals surface area contributed by atoms with E-state index in [2.05, 4.69) is 0 Å². The van der Waals surface area contributed by atoms with Crippen LogP contribution in [0.25, 0.3) is 0 Å². The molecule has 0 rings (SSSR count). The van der Waals surface area contributed by atoms with Crippen molar-refractivity contribution in [3.8, 4) is 0 Å². The molecule has 0 aromatic rings. The fourth-order valence-electron chi connectivity index (χ4n) is 0. The minimum atomic E-state index is -1.75. The van der Waals surface area contributed by atoms with E-state index in [4.69, 9.17) is 15.3 Å². The van der Waals surface area contributed by atoms with E-state index in [9.17, 15) is 0 Å². The van der Waals surface area contributed by atoms with Crippen molar-refractivity contribution in [1.29, 1.82) is 0 Å². The van der Waals surface area contributed by atoms with Gasteiger partial charge in [0.1, 0.15) is 0 Å². The van der Waals surface area contributed by atoms with E-state index in [-0.39, 0.29) is 104 Å². The van der Waals surface area contributed by atoms with Gasteiger partial charge in [-0.25, -0.2) is 0 Å². The molecule has 0 bridgehead atoms. The second-order valence-electron chi connectivity index (χ2n) is 0.224. The summed E-state index contributed by atoms with van der Waals surface area (Å²) in [6.07, 6.45) is 0. The molecule has 0 aliphatic heterocycles. The molecule has 0 unspecified atom stereocenters. The molecule has 0 saturated carbocycles. The molecule has 6 heteroatoms. The first-order chi connectivity index (χ1) is 1.73. The average molecular weight is 141 g/mol. The van der Waals surface area contributed by atoms with Crippen LogP contribution in [-0.2, 0) is 0 Å². The van der Waals surface area contributed by atoms with E-state index in [1.807, 2.05) is 0 Å². The summed E-state index contributed by atoms with van der Waals surface area (Å²) >= 11 is 0. The second-order valence-corrected chi connectivity index (χ2v) is 0.224. The standard InChI is InChI=1S/2K.NO3.H/c;;2-1(3)4;/q2*+1;2*-1. The van der Waals surface area contributed by atoms with Crippen molar-refractivity contribution >= 4 is 0 Å². The van der Waals surface area contributed by atoms with Gasteiger partial charge in [0, 0.05) is 0 Å². The maximum atomic E-state index is 8.25. The fourth-order valence-corrected chi connectivity index (χ4v) is 0. The number of hydrogen-bond acceptors (Lipinski definition) is 3. The molecule has 0 saturated heterocycles. The Morgan fingerprint density at radius 1 is 1.33 bits per heavy atom. The predicted molar refractivity (Wildman–Crippen MR) is 11.5 cm³/mol. The van der Waals surface area contributed by atoms with Crippen LogP contribution in [0.3, 0.4) is 0 Å². The summed E-state index contributed by atoms with van der Waals surface area (Å²) < 4.78 is 0. The molecule has 0 aromatic heterocycles. The molecule has 0 radical (unpaired) electrons. The zero-order valence-electron chi connectivity index (χ0n) is 4.67. The molecule has 26 valence electrons. The molecule has 0 aliphatic carbocycles. The minimum absolute atomic E-state index is 0. The zero-order valence-corrected chi connectivity index (χ0v) is 9.92. The van der Waals surface area contributed by atoms with E-state index in [1.165, 1.54) is 0 Å². The summed E-state index contributed by atoms with van der Waals surface area (Å²) in [5.74, 6) is 0. The summed E-state index contributed by atoms with van der Waals surface area (Å²) in [5.41, 5.74) is 0. The Bertz CT molecular complexity index is 35.9. The normalized spacial score (nSPS) is 4.00. The number of rotatable bonds is 0. The molecule has 0 fully saturated rings. The van der Waals surface area contributed by atoms with E-state index < -0.39 is 5.09 Å². The molecule has 0 atom stereocenters. The van der Waals surface area contributed by atoms with E-state index >= 15 is 0 Å². The van der Waals surface area contributed by atoms with E-state index in [0.29, 0.717) is 0 Å². The van der Waals surface area contributed by atoms with Crippen LogP contribution < -0.4 is 103 Å². The van der Waals surface area contributed by atoms with Gasteiger partial charge in [0.2, 0.25) is 0 Å². The molecule has 0 aliphatic rings. The third kappa shape index (κ3) is 31.7. The minimum Gasteiger partial charge on any atom is -1.00 e. The molecular formula is HK2NO3. The molecule has 0 heterocycles. The maximum Gasteiger partial charge on any atom is 1.00 e. The Hall–Kier alpha value is 2.47. The monoisotopic (exact) mass is 141 g/mol. The first-order valence-corrected chi connectivity index (χ1v) is 0.548. The van der Waals surface area contributed by atoms with Crippen LogP contribution >= 0.6 is 0 Å². The van der Waals surface area contributed by atoms with Crippen LogP contribution in [0.15, 0.2) is 0 Å². The van der Waals surface area contributed by atoms with Gasteiger partial charge in [-0.3, -0.25) is 0 Å². The first kappa shape index (κ1) is 15.8. The van der Waals surface area contributed by atoms with Crippen molar-refractivity contribution in [3.63, 3.8) is 0 Å². The van der Waals surface area contributed by atoms with Crippen LogP contribution in [0.5, 0.6) is 0 Å². The SMILES string of the molecule is O=[N+]([O-])[O-].[H-].[K+].[K+]. The average Bonchev–Trinajstić information content (AvgIpc) is 0.811. The molecular weight excluding hydrogens is 140 g/mol. The van der Waals surface area contributed by atoms with Crippen molar-refractivity contribution in [1.82, 2.24) is 0 Å². The Labute approximate surface area is 121 Å². The van der Waals surface area contributed by atoms with Crippen molar-refractivity contribution in [3.05, 3.63) is 15.3 Å². The Kier molecular flexibility index (Phi) is 27.5. The summed E-state index contributed by atoms with van der Waals surface area (Å²) in [5, 5.41) is 14.8. The molecule has 0 N–H and O–H groups in total. The van der Waals surface area contributed by atoms with Gasteiger partial charge >= 0.3 is 103 Å². The Morgan fingerprint density at radius 3 is 1.33 bits per heavy atom. The number of hydrogen-bond donors (Lipinski definition) is 0. The summed E-state index contributed by atoms with van der Waals surface area (Å²) in [6, 6.07) is 0. The summed E-state index contributed by atoms with van der Waals surface area (Å²) in [4.78, 5) is 8.25. The van der Waals surface area contributed by atoms with Gasteiger partial charge in [0.15, 0.2) is 0 Å². The van der Waals surface area contributed by atoms with Gasteiger partial charge in [-0.2, -0.15) is 0 Å². The van der Waals surface area contributed by atoms with Crippen LogP contribution in [0, 0.1) is 15.3 Å². The molecule has 4 nitrogen and oxygen atoms in total. The fraction of sp³-hybridized carbons (Fsp3) is 0. The third-order valence-electron chi connectivity index (χ3n) is 0. The largest absolute Gasteiger partial charge is 1.00 e. The molecule has 0 aromatic carbocycles. The summed E-state index contributed by atoms with van der Waals surface area (Å²) in [7, 11) is 0. The van der Waals surface area contributed by atoms with Crippen LogP contribution in [-0.4, -0.2) is 5.09 Å². The Morgan fingerprint density at radius 2 is 1.33 bits per heavy atom. The van der Waals surface area contributed by atoms with Gasteiger partial charge in [-0.15, -0.1) is 0 Å². The predicted octanol–water partition coefficient (Wildman–Crippen LogP) is -6.12. The van der Waals surface area contributed by atoms with Gasteiger partial charge in [-0.05, 0) is 0 Å². The third-order valence-corrected chi connectivity index (χ3v) is 0. The van der Waals surface area contributed by atoms with Crippen LogP contribution in [0.2, 0.25) is 0 Å². The quantitative estimate of drug-likeness (QED) is 0.191. The molecule has 0 spiro atoms. The Balaban J connectivity index is -0.0000000150. The molecule has 6 heavy (non-hydrogen) atoms. The van der Waals surface area contributed by atoms with Gasteiger partial charge in [0.05, 0.1) is 5.09 Å². The summed E-state index contributed by atoms with van der Waals surface area (Å²) in [6.45, 7) is 0. The zero-order chi connectivity index (χ0) is 3.58. The smallest absolute Gasteiger partial charge is 1.00 e. The van der Waals surface area contributed by atoms with E-state index in [0.717, 1.165) is 0 Å². The number of nitrogens with zero attached hydrogens (tertiary/aromatic N) is 1. The maximum absolute atomic E-state index is 8.25. The molecule has 0 amide bonds. The van der Waals surface area contributed by atoms with Crippen LogP contribution in [0.4, 0.5) is 0 Å². The van der Waals surface area contributed by atoms with Crippen LogP contribution in [0.1, 0.15) is 1.43 Å². The van der Waals surface area contributed by atoms with Gasteiger partial charge in [0.25, 0.3) is 0 Å². The van der Waals surface area contributed by atoms with Crippen molar-refractivity contribution in [2.24, 2.45) is 0 Å². The second kappa shape index (κ2) is 10.5. The first-order valence-electron chi connectivity index (χ1n) is 0.548. The topological polar surface area (TPSA) is 66.2 Å². The van der Waals surface area contributed by atoms with Gasteiger partial charge in [-0.1, -0.05) is 0 Å². The van der Waals surface area contributed by atoms with Crippen molar-refractivity contribution in [2.45, 2.75) is 0 Å². The van der Waals surface area contributed by atoms with Crippen molar-refractivity contribution < 1.29 is 109 Å². The van der Waals surface area contributed by atoms with Crippen molar-refractivity contribution in [2.75, 3.05) is 0 Å².